The van der Waals surface area contributed by atoms with Crippen LogP contribution in [-0.4, -0.2) is 28.9 Å². The highest BCUT2D eigenvalue weighted by molar-refractivity contribution is 5.73. The van der Waals surface area contributed by atoms with Crippen LogP contribution in [0, 0.1) is 6.92 Å². The summed E-state index contributed by atoms with van der Waals surface area (Å²) in [5.41, 5.74) is 1.15. The van der Waals surface area contributed by atoms with Crippen molar-refractivity contribution in [2.24, 2.45) is 0 Å². The van der Waals surface area contributed by atoms with Crippen LogP contribution in [-0.2, 0) is 6.54 Å². The summed E-state index contributed by atoms with van der Waals surface area (Å²) in [6, 6.07) is 1.90. The molecule has 0 saturated heterocycles. The van der Waals surface area contributed by atoms with Gasteiger partial charge in [-0.3, -0.25) is 4.68 Å². The van der Waals surface area contributed by atoms with Gasteiger partial charge in [0.15, 0.2) is 0 Å². The van der Waals surface area contributed by atoms with Crippen molar-refractivity contribution in [3.8, 4) is 0 Å². The third kappa shape index (κ3) is 5.38. The van der Waals surface area contributed by atoms with Crippen molar-refractivity contribution in [2.45, 2.75) is 39.7 Å². The van der Waals surface area contributed by atoms with Gasteiger partial charge in [0, 0.05) is 31.5 Å². The van der Waals surface area contributed by atoms with Gasteiger partial charge >= 0.3 is 6.03 Å². The zero-order valence-electron chi connectivity index (χ0n) is 10.7. The maximum atomic E-state index is 11.3. The zero-order valence-corrected chi connectivity index (χ0v) is 10.7. The van der Waals surface area contributed by atoms with Crippen molar-refractivity contribution in [3.05, 3.63) is 18.0 Å². The molecule has 1 aromatic rings. The van der Waals surface area contributed by atoms with Crippen molar-refractivity contribution in [2.75, 3.05) is 13.1 Å². The molecule has 0 aliphatic heterocycles. The molecule has 0 atom stereocenters. The Morgan fingerprint density at radius 2 is 2.06 bits per heavy atom. The van der Waals surface area contributed by atoms with Crippen LogP contribution in [0.2, 0.25) is 0 Å². The van der Waals surface area contributed by atoms with E-state index in [0.29, 0.717) is 6.54 Å². The molecule has 0 aliphatic rings. The lowest BCUT2D eigenvalue weighted by molar-refractivity contribution is 0.240. The molecule has 17 heavy (non-hydrogen) atoms. The maximum absolute atomic E-state index is 11.3. The first-order valence-corrected chi connectivity index (χ1v) is 6.24. The Morgan fingerprint density at radius 3 is 2.65 bits per heavy atom. The minimum atomic E-state index is -0.0735. The Bertz CT molecular complexity index is 335. The molecule has 0 aliphatic carbocycles. The average molecular weight is 238 g/mol. The number of carbonyl (C=O) groups is 1. The lowest BCUT2D eigenvalue weighted by Crippen LogP contribution is -2.36. The zero-order chi connectivity index (χ0) is 12.5. The van der Waals surface area contributed by atoms with E-state index in [1.54, 1.807) is 6.20 Å². The topological polar surface area (TPSA) is 59.0 Å². The molecule has 2 N–H and O–H groups in total. The molecular weight excluding hydrogens is 216 g/mol. The van der Waals surface area contributed by atoms with Crippen molar-refractivity contribution < 1.29 is 4.79 Å². The second-order valence-corrected chi connectivity index (χ2v) is 4.09. The summed E-state index contributed by atoms with van der Waals surface area (Å²) in [6.07, 6.45) is 4.81. The highest BCUT2D eigenvalue weighted by atomic mass is 16.2. The lowest BCUT2D eigenvalue weighted by atomic mass is 10.3. The molecule has 1 heterocycles. The van der Waals surface area contributed by atoms with E-state index in [2.05, 4.69) is 22.7 Å². The molecule has 1 rings (SSSR count). The SMILES string of the molecule is CCCCNC(=O)NCCCn1nccc1C. The number of nitrogens with zero attached hydrogens (tertiary/aromatic N) is 2. The summed E-state index contributed by atoms with van der Waals surface area (Å²) >= 11 is 0. The minimum absolute atomic E-state index is 0.0735. The number of urea groups is 1. The van der Waals surface area contributed by atoms with Gasteiger partial charge < -0.3 is 10.6 Å². The fraction of sp³-hybridized carbons (Fsp3) is 0.667. The number of carbonyl (C=O) groups excluding carboxylic acids is 1. The van der Waals surface area contributed by atoms with Crippen LogP contribution in [0.1, 0.15) is 31.9 Å². The highest BCUT2D eigenvalue weighted by Gasteiger charge is 1.99. The van der Waals surface area contributed by atoms with Crippen LogP contribution in [0.25, 0.3) is 0 Å². The second-order valence-electron chi connectivity index (χ2n) is 4.09. The Hall–Kier alpha value is -1.52. The highest BCUT2D eigenvalue weighted by Crippen LogP contribution is 1.96. The molecule has 0 spiro atoms. The minimum Gasteiger partial charge on any atom is -0.338 e. The van der Waals surface area contributed by atoms with Gasteiger partial charge in [-0.25, -0.2) is 4.79 Å². The number of hydrogen-bond acceptors (Lipinski definition) is 2. The number of unbranched alkanes of at least 4 members (excludes halogenated alkanes) is 1. The van der Waals surface area contributed by atoms with E-state index in [0.717, 1.165) is 38.0 Å². The van der Waals surface area contributed by atoms with E-state index in [4.69, 9.17) is 0 Å². The molecular formula is C12H22N4O. The summed E-state index contributed by atoms with van der Waals surface area (Å²) in [6.45, 7) is 6.40. The predicted octanol–water partition coefficient (Wildman–Crippen LogP) is 1.68. The lowest BCUT2D eigenvalue weighted by Gasteiger charge is -2.07. The van der Waals surface area contributed by atoms with E-state index in [1.165, 1.54) is 0 Å². The predicted molar refractivity (Wildman–Crippen MR) is 67.9 cm³/mol. The molecule has 0 unspecified atom stereocenters. The van der Waals surface area contributed by atoms with Crippen LogP contribution in [0.15, 0.2) is 12.3 Å². The van der Waals surface area contributed by atoms with E-state index in [9.17, 15) is 4.79 Å². The molecule has 0 radical (unpaired) electrons. The summed E-state index contributed by atoms with van der Waals surface area (Å²) < 4.78 is 1.94. The average Bonchev–Trinajstić information content (AvgIpc) is 2.71. The fourth-order valence-electron chi connectivity index (χ4n) is 1.50. The van der Waals surface area contributed by atoms with Gasteiger partial charge in [-0.15, -0.1) is 0 Å². The molecule has 0 fully saturated rings. The number of rotatable bonds is 7. The number of hydrogen-bond donors (Lipinski definition) is 2. The summed E-state index contributed by atoms with van der Waals surface area (Å²) in [5, 5.41) is 9.83. The molecule has 96 valence electrons. The molecule has 0 bridgehead atoms. The first-order chi connectivity index (χ1) is 8.24. The van der Waals surface area contributed by atoms with Gasteiger partial charge in [0.25, 0.3) is 0 Å². The van der Waals surface area contributed by atoms with Crippen LogP contribution in [0.5, 0.6) is 0 Å². The van der Waals surface area contributed by atoms with Crippen molar-refractivity contribution in [3.63, 3.8) is 0 Å². The van der Waals surface area contributed by atoms with Gasteiger partial charge in [0.05, 0.1) is 0 Å². The van der Waals surface area contributed by atoms with Crippen LogP contribution >= 0.6 is 0 Å². The quantitative estimate of drug-likeness (QED) is 0.710. The molecule has 2 amide bonds. The Balaban J connectivity index is 2.04. The first-order valence-electron chi connectivity index (χ1n) is 6.24. The largest absolute Gasteiger partial charge is 0.338 e. The van der Waals surface area contributed by atoms with Crippen molar-refractivity contribution in [1.82, 2.24) is 20.4 Å². The number of aryl methyl sites for hydroxylation is 2. The van der Waals surface area contributed by atoms with Crippen LogP contribution in [0.4, 0.5) is 4.79 Å². The third-order valence-electron chi connectivity index (χ3n) is 2.58. The number of aromatic nitrogens is 2. The summed E-state index contributed by atoms with van der Waals surface area (Å²) in [5.74, 6) is 0. The fourth-order valence-corrected chi connectivity index (χ4v) is 1.50. The van der Waals surface area contributed by atoms with E-state index >= 15 is 0 Å². The van der Waals surface area contributed by atoms with Gasteiger partial charge in [-0.2, -0.15) is 5.10 Å². The summed E-state index contributed by atoms with van der Waals surface area (Å²) in [4.78, 5) is 11.3. The molecule has 0 aromatic carbocycles. The van der Waals surface area contributed by atoms with E-state index in [-0.39, 0.29) is 6.03 Å². The molecule has 5 nitrogen and oxygen atoms in total. The van der Waals surface area contributed by atoms with E-state index in [1.807, 2.05) is 17.7 Å². The summed E-state index contributed by atoms with van der Waals surface area (Å²) in [7, 11) is 0. The first kappa shape index (κ1) is 13.5. The standard InChI is InChI=1S/C12H22N4O/c1-3-4-7-13-12(17)14-8-5-10-16-11(2)6-9-15-16/h6,9H,3-5,7-8,10H2,1-2H3,(H2,13,14,17). The number of amides is 2. The van der Waals surface area contributed by atoms with Crippen LogP contribution < -0.4 is 10.6 Å². The van der Waals surface area contributed by atoms with Crippen molar-refractivity contribution in [1.29, 1.82) is 0 Å². The molecule has 1 aromatic heterocycles. The second kappa shape index (κ2) is 7.70. The van der Waals surface area contributed by atoms with Gasteiger partial charge in [-0.1, -0.05) is 13.3 Å². The Kier molecular flexibility index (Phi) is 6.14. The molecule has 0 saturated carbocycles. The normalized spacial score (nSPS) is 10.2. The Morgan fingerprint density at radius 1 is 1.35 bits per heavy atom. The smallest absolute Gasteiger partial charge is 0.314 e. The van der Waals surface area contributed by atoms with Crippen molar-refractivity contribution >= 4 is 6.03 Å². The van der Waals surface area contributed by atoms with Gasteiger partial charge in [-0.05, 0) is 25.8 Å². The molecule has 5 heteroatoms. The Labute approximate surface area is 103 Å². The third-order valence-corrected chi connectivity index (χ3v) is 2.58. The monoisotopic (exact) mass is 238 g/mol. The van der Waals surface area contributed by atoms with Crippen LogP contribution in [0.3, 0.4) is 0 Å². The van der Waals surface area contributed by atoms with Gasteiger partial charge in [0.1, 0.15) is 0 Å². The maximum Gasteiger partial charge on any atom is 0.314 e. The van der Waals surface area contributed by atoms with Gasteiger partial charge in [0.2, 0.25) is 0 Å². The van der Waals surface area contributed by atoms with E-state index < -0.39 is 0 Å². The number of nitrogens with one attached hydrogen (secondary N) is 2.